The van der Waals surface area contributed by atoms with Gasteiger partial charge in [-0.15, -0.1) is 0 Å². The number of pyridine rings is 2. The van der Waals surface area contributed by atoms with Crippen LogP contribution in [0.3, 0.4) is 0 Å². The SMILES string of the molecule is C[C@@H]1OCC2(CCN(c3cnc4nc(Sc5ccnc(Cl)c5Cl)ccc4n3)CC2)[C@@H]1N. The lowest BCUT2D eigenvalue weighted by Gasteiger charge is -2.41. The first kappa shape index (κ1) is 21.2. The molecule has 3 aromatic rings. The van der Waals surface area contributed by atoms with Gasteiger partial charge in [-0.1, -0.05) is 35.0 Å². The van der Waals surface area contributed by atoms with Gasteiger partial charge in [-0.25, -0.2) is 19.9 Å². The maximum Gasteiger partial charge on any atom is 0.179 e. The van der Waals surface area contributed by atoms with Gasteiger partial charge in [-0.2, -0.15) is 0 Å². The summed E-state index contributed by atoms with van der Waals surface area (Å²) in [5.74, 6) is 0.869. The Morgan fingerprint density at radius 1 is 1.16 bits per heavy atom. The van der Waals surface area contributed by atoms with Crippen LogP contribution in [-0.2, 0) is 4.74 Å². The van der Waals surface area contributed by atoms with Gasteiger partial charge in [0.15, 0.2) is 5.65 Å². The van der Waals surface area contributed by atoms with Crippen LogP contribution in [0.2, 0.25) is 10.2 Å². The highest BCUT2D eigenvalue weighted by Gasteiger charge is 2.47. The Morgan fingerprint density at radius 2 is 1.97 bits per heavy atom. The monoisotopic (exact) mass is 476 g/mol. The van der Waals surface area contributed by atoms with E-state index in [9.17, 15) is 0 Å². The van der Waals surface area contributed by atoms with Crippen molar-refractivity contribution in [2.45, 2.75) is 41.8 Å². The van der Waals surface area contributed by atoms with Gasteiger partial charge in [0, 0.05) is 35.6 Å². The summed E-state index contributed by atoms with van der Waals surface area (Å²) in [6, 6.07) is 5.76. The number of aromatic nitrogens is 4. The van der Waals surface area contributed by atoms with Crippen LogP contribution in [0, 0.1) is 5.41 Å². The van der Waals surface area contributed by atoms with Gasteiger partial charge in [0.25, 0.3) is 0 Å². The van der Waals surface area contributed by atoms with Crippen LogP contribution in [0.15, 0.2) is 40.5 Å². The molecule has 31 heavy (non-hydrogen) atoms. The predicted molar refractivity (Wildman–Crippen MR) is 123 cm³/mol. The Balaban J connectivity index is 1.32. The second-order valence-electron chi connectivity index (χ2n) is 8.13. The second kappa shape index (κ2) is 8.33. The molecule has 0 aromatic carbocycles. The number of piperidine rings is 1. The summed E-state index contributed by atoms with van der Waals surface area (Å²) in [5.41, 5.74) is 7.88. The maximum atomic E-state index is 6.43. The largest absolute Gasteiger partial charge is 0.376 e. The minimum Gasteiger partial charge on any atom is -0.376 e. The van der Waals surface area contributed by atoms with Crippen molar-refractivity contribution in [3.63, 3.8) is 0 Å². The third-order valence-corrected chi connectivity index (χ3v) is 8.20. The zero-order valence-corrected chi connectivity index (χ0v) is 19.3. The number of ether oxygens (including phenoxy) is 1. The van der Waals surface area contributed by atoms with E-state index < -0.39 is 0 Å². The average molecular weight is 477 g/mol. The van der Waals surface area contributed by atoms with Gasteiger partial charge in [-0.3, -0.25) is 0 Å². The number of hydrogen-bond acceptors (Lipinski definition) is 8. The number of hydrogen-bond donors (Lipinski definition) is 1. The topological polar surface area (TPSA) is 90.0 Å². The molecule has 0 amide bonds. The molecule has 0 unspecified atom stereocenters. The molecule has 2 N–H and O–H groups in total. The van der Waals surface area contributed by atoms with E-state index in [0.717, 1.165) is 53.8 Å². The molecular weight excluding hydrogens is 455 g/mol. The molecule has 2 fully saturated rings. The molecule has 5 heterocycles. The Hall–Kier alpha value is -1.71. The van der Waals surface area contributed by atoms with Crippen molar-refractivity contribution in [2.75, 3.05) is 24.6 Å². The maximum absolute atomic E-state index is 6.43. The van der Waals surface area contributed by atoms with Crippen LogP contribution >= 0.6 is 35.0 Å². The summed E-state index contributed by atoms with van der Waals surface area (Å²) < 4.78 is 5.82. The van der Waals surface area contributed by atoms with Crippen molar-refractivity contribution in [1.82, 2.24) is 19.9 Å². The lowest BCUT2D eigenvalue weighted by molar-refractivity contribution is 0.0974. The molecule has 1 spiro atoms. The zero-order valence-electron chi connectivity index (χ0n) is 17.0. The van der Waals surface area contributed by atoms with Gasteiger partial charge in [-0.05, 0) is 38.0 Å². The molecule has 0 bridgehead atoms. The molecule has 3 aromatic heterocycles. The zero-order chi connectivity index (χ0) is 21.6. The van der Waals surface area contributed by atoms with Crippen molar-refractivity contribution in [1.29, 1.82) is 0 Å². The summed E-state index contributed by atoms with van der Waals surface area (Å²) in [7, 11) is 0. The number of anilines is 1. The average Bonchev–Trinajstić information content (AvgIpc) is 3.06. The third-order valence-electron chi connectivity index (χ3n) is 6.32. The first-order valence-corrected chi connectivity index (χ1v) is 11.8. The van der Waals surface area contributed by atoms with Crippen LogP contribution in [0.1, 0.15) is 19.8 Å². The highest BCUT2D eigenvalue weighted by Crippen LogP contribution is 2.42. The Kier molecular flexibility index (Phi) is 5.68. The summed E-state index contributed by atoms with van der Waals surface area (Å²) in [6.07, 6.45) is 5.55. The molecule has 2 atom stereocenters. The predicted octanol–water partition coefficient (Wildman–Crippen LogP) is 4.21. The van der Waals surface area contributed by atoms with Gasteiger partial charge in [0.05, 0.1) is 23.9 Å². The first-order chi connectivity index (χ1) is 14.9. The molecule has 2 aliphatic rings. The Bertz CT molecular complexity index is 1120. The normalized spacial score (nSPS) is 23.0. The highest BCUT2D eigenvalue weighted by atomic mass is 35.5. The fourth-order valence-electron chi connectivity index (χ4n) is 4.33. The van der Waals surface area contributed by atoms with Crippen LogP contribution in [-0.4, -0.2) is 51.8 Å². The second-order valence-corrected chi connectivity index (χ2v) is 9.93. The molecular formula is C21H22Cl2N6OS. The number of nitrogens with two attached hydrogens (primary N) is 1. The molecule has 5 rings (SSSR count). The number of fused-ring (bicyclic) bond motifs is 1. The minimum atomic E-state index is 0.0883. The highest BCUT2D eigenvalue weighted by molar-refractivity contribution is 7.99. The van der Waals surface area contributed by atoms with Gasteiger partial charge in [0.2, 0.25) is 0 Å². The van der Waals surface area contributed by atoms with Crippen LogP contribution in [0.5, 0.6) is 0 Å². The van der Waals surface area contributed by atoms with E-state index in [1.807, 2.05) is 18.2 Å². The van der Waals surface area contributed by atoms with Crippen molar-refractivity contribution in [3.05, 3.63) is 40.8 Å². The molecule has 0 saturated carbocycles. The third kappa shape index (κ3) is 3.96. The van der Waals surface area contributed by atoms with Gasteiger partial charge >= 0.3 is 0 Å². The van der Waals surface area contributed by atoms with E-state index in [2.05, 4.69) is 26.8 Å². The van der Waals surface area contributed by atoms with E-state index >= 15 is 0 Å². The van der Waals surface area contributed by atoms with Crippen molar-refractivity contribution in [2.24, 2.45) is 11.1 Å². The first-order valence-electron chi connectivity index (χ1n) is 10.2. The van der Waals surface area contributed by atoms with E-state index in [-0.39, 0.29) is 22.7 Å². The van der Waals surface area contributed by atoms with E-state index in [1.165, 1.54) is 11.8 Å². The fraction of sp³-hybridized carbons (Fsp3) is 0.429. The molecule has 0 radical (unpaired) electrons. The van der Waals surface area contributed by atoms with Crippen LogP contribution < -0.4 is 10.6 Å². The Morgan fingerprint density at radius 3 is 2.71 bits per heavy atom. The Labute approximate surface area is 194 Å². The number of nitrogens with zero attached hydrogens (tertiary/aromatic N) is 5. The van der Waals surface area contributed by atoms with Gasteiger partial charge in [0.1, 0.15) is 21.5 Å². The minimum absolute atomic E-state index is 0.0883. The van der Waals surface area contributed by atoms with Crippen molar-refractivity contribution >= 4 is 51.9 Å². The quantitative estimate of drug-likeness (QED) is 0.562. The van der Waals surface area contributed by atoms with Crippen LogP contribution in [0.4, 0.5) is 5.82 Å². The van der Waals surface area contributed by atoms with E-state index in [1.54, 1.807) is 12.4 Å². The lowest BCUT2D eigenvalue weighted by Crippen LogP contribution is -2.50. The summed E-state index contributed by atoms with van der Waals surface area (Å²) in [6.45, 7) is 4.61. The van der Waals surface area contributed by atoms with E-state index in [0.29, 0.717) is 10.7 Å². The van der Waals surface area contributed by atoms with Crippen LogP contribution in [0.25, 0.3) is 11.2 Å². The molecule has 7 nitrogen and oxygen atoms in total. The molecule has 162 valence electrons. The fourth-order valence-corrected chi connectivity index (χ4v) is 5.58. The lowest BCUT2D eigenvalue weighted by atomic mass is 9.73. The smallest absolute Gasteiger partial charge is 0.179 e. The molecule has 2 aliphatic heterocycles. The number of rotatable bonds is 3. The summed E-state index contributed by atoms with van der Waals surface area (Å²) in [5, 5.41) is 1.46. The van der Waals surface area contributed by atoms with Crippen molar-refractivity contribution in [3.8, 4) is 0 Å². The number of halogens is 2. The molecule has 10 heteroatoms. The standard InChI is InChI=1S/C21H22Cl2N6OS/c1-12-18(24)21(11-30-12)5-8-29(9-6-21)15-10-26-20-13(27-15)2-3-16(28-20)31-14-4-7-25-19(23)17(14)22/h2-4,7,10,12,18H,5-6,8-9,11,24H2,1H3/t12-,18+/m0/s1. The summed E-state index contributed by atoms with van der Waals surface area (Å²) in [4.78, 5) is 21.0. The van der Waals surface area contributed by atoms with Crippen molar-refractivity contribution < 1.29 is 4.74 Å². The molecule has 0 aliphatic carbocycles. The molecule has 2 saturated heterocycles. The van der Waals surface area contributed by atoms with Gasteiger partial charge < -0.3 is 15.4 Å². The summed E-state index contributed by atoms with van der Waals surface area (Å²) >= 11 is 13.7. The van der Waals surface area contributed by atoms with E-state index in [4.69, 9.17) is 38.7 Å².